The molecule has 1 aromatic rings. The Kier molecular flexibility index (Phi) is 9.69. The highest BCUT2D eigenvalue weighted by Gasteiger charge is 2.54. The van der Waals surface area contributed by atoms with E-state index in [0.717, 1.165) is 44.5 Å². The van der Waals surface area contributed by atoms with Crippen LogP contribution in [0.3, 0.4) is 0 Å². The third-order valence-electron chi connectivity index (χ3n) is 8.97. The molecule has 3 aliphatic heterocycles. The number of likely N-dealkylation sites (N-methyl/N-ethyl adjacent to an activating group) is 1. The molecule has 3 amide bonds. The molecule has 210 valence electrons. The van der Waals surface area contributed by atoms with Gasteiger partial charge < -0.3 is 24.5 Å². The predicted octanol–water partition coefficient (Wildman–Crippen LogP) is 3.57. The predicted molar refractivity (Wildman–Crippen MR) is 151 cm³/mol. The maximum Gasteiger partial charge on any atom is 0.250 e. The van der Waals surface area contributed by atoms with E-state index in [2.05, 4.69) is 23.8 Å². The first-order chi connectivity index (χ1) is 18.4. The van der Waals surface area contributed by atoms with E-state index in [1.54, 1.807) is 4.90 Å². The van der Waals surface area contributed by atoms with E-state index < -0.39 is 5.54 Å². The fourth-order valence-corrected chi connectivity index (χ4v) is 6.35. The number of hydrogen-bond acceptors (Lipinski definition) is 5. The smallest absolute Gasteiger partial charge is 0.250 e. The van der Waals surface area contributed by atoms with Crippen LogP contribution in [-0.2, 0) is 14.4 Å². The zero-order valence-corrected chi connectivity index (χ0v) is 23.7. The normalized spacial score (nSPS) is 20.4. The first kappa shape index (κ1) is 28.4. The topological polar surface area (TPSA) is 67.4 Å². The van der Waals surface area contributed by atoms with Crippen LogP contribution in [0.4, 0.5) is 5.69 Å². The zero-order valence-electron chi connectivity index (χ0n) is 23.7. The number of carbonyl (C=O) groups is 3. The van der Waals surface area contributed by atoms with E-state index in [9.17, 15) is 14.4 Å². The van der Waals surface area contributed by atoms with E-state index in [0.29, 0.717) is 39.0 Å². The fourth-order valence-electron chi connectivity index (χ4n) is 6.35. The van der Waals surface area contributed by atoms with Gasteiger partial charge in [-0.3, -0.25) is 14.4 Å². The molecular formula is C30H47N5O3. The quantitative estimate of drug-likeness (QED) is 0.437. The highest BCUT2D eigenvalue weighted by atomic mass is 16.2. The maximum absolute atomic E-state index is 14.0. The van der Waals surface area contributed by atoms with E-state index in [1.165, 1.54) is 19.3 Å². The lowest BCUT2D eigenvalue weighted by Gasteiger charge is -2.43. The van der Waals surface area contributed by atoms with Crippen molar-refractivity contribution in [1.82, 2.24) is 19.6 Å². The lowest BCUT2D eigenvalue weighted by Crippen LogP contribution is -2.57. The average molecular weight is 526 g/mol. The molecule has 0 atom stereocenters. The van der Waals surface area contributed by atoms with Crippen LogP contribution in [-0.4, -0.2) is 102 Å². The maximum atomic E-state index is 14.0. The number of para-hydroxylation sites is 1. The van der Waals surface area contributed by atoms with Gasteiger partial charge in [-0.15, -0.1) is 0 Å². The number of hydrogen-bond donors (Lipinski definition) is 0. The second-order valence-corrected chi connectivity index (χ2v) is 11.5. The van der Waals surface area contributed by atoms with Gasteiger partial charge in [0.25, 0.3) is 5.91 Å². The van der Waals surface area contributed by atoms with Crippen LogP contribution in [0.1, 0.15) is 71.1 Å². The minimum Gasteiger partial charge on any atom is -0.342 e. The number of unbranched alkanes of at least 4 members (excludes halogenated alkanes) is 4. The number of likely N-dealkylation sites (tertiary alicyclic amines) is 2. The highest BCUT2D eigenvalue weighted by molar-refractivity contribution is 5.96. The van der Waals surface area contributed by atoms with Crippen molar-refractivity contribution in [2.75, 3.05) is 58.4 Å². The summed E-state index contributed by atoms with van der Waals surface area (Å²) in [6.45, 7) is 5.85. The van der Waals surface area contributed by atoms with Crippen LogP contribution < -0.4 is 4.90 Å². The highest BCUT2D eigenvalue weighted by Crippen LogP contribution is 2.39. The summed E-state index contributed by atoms with van der Waals surface area (Å²) in [4.78, 5) is 50.2. The van der Waals surface area contributed by atoms with Gasteiger partial charge in [0, 0.05) is 38.3 Å². The second kappa shape index (κ2) is 13.0. The van der Waals surface area contributed by atoms with Crippen molar-refractivity contribution in [2.45, 2.75) is 82.7 Å². The molecule has 0 unspecified atom stereocenters. The summed E-state index contributed by atoms with van der Waals surface area (Å²) in [5.74, 6) is 0.242. The molecule has 1 aromatic carbocycles. The SMILES string of the molecule is CCCCCCCC(=O)N1CCC2(CC1)C(=O)N(CC(=O)N(C)C1CCN(C)CC1)CN2c1ccccc1. The van der Waals surface area contributed by atoms with Crippen LogP contribution in [0.25, 0.3) is 0 Å². The van der Waals surface area contributed by atoms with Gasteiger partial charge in [-0.2, -0.15) is 0 Å². The summed E-state index contributed by atoms with van der Waals surface area (Å²) in [5, 5.41) is 0. The van der Waals surface area contributed by atoms with E-state index >= 15 is 0 Å². The molecule has 0 saturated carbocycles. The van der Waals surface area contributed by atoms with E-state index in [-0.39, 0.29) is 30.3 Å². The number of anilines is 1. The van der Waals surface area contributed by atoms with Gasteiger partial charge in [-0.05, 0) is 64.4 Å². The Morgan fingerprint density at radius 1 is 0.974 bits per heavy atom. The number of piperidine rings is 2. The molecule has 4 rings (SSSR count). The number of nitrogens with zero attached hydrogens (tertiary/aromatic N) is 5. The Bertz CT molecular complexity index is 938. The van der Waals surface area contributed by atoms with Crippen LogP contribution in [0.5, 0.6) is 0 Å². The Morgan fingerprint density at radius 2 is 1.63 bits per heavy atom. The van der Waals surface area contributed by atoms with Crippen molar-refractivity contribution in [1.29, 1.82) is 0 Å². The van der Waals surface area contributed by atoms with Gasteiger partial charge in [0.05, 0.1) is 6.67 Å². The van der Waals surface area contributed by atoms with Crippen molar-refractivity contribution in [2.24, 2.45) is 0 Å². The van der Waals surface area contributed by atoms with E-state index in [4.69, 9.17) is 0 Å². The average Bonchev–Trinajstić information content (AvgIpc) is 3.19. The van der Waals surface area contributed by atoms with Crippen molar-refractivity contribution < 1.29 is 14.4 Å². The number of amides is 3. The van der Waals surface area contributed by atoms with Crippen LogP contribution in [0, 0.1) is 0 Å². The Balaban J connectivity index is 1.41. The molecule has 0 N–H and O–H groups in total. The Labute approximate surface area is 228 Å². The number of carbonyl (C=O) groups excluding carboxylic acids is 3. The molecule has 3 saturated heterocycles. The molecule has 0 radical (unpaired) electrons. The van der Waals surface area contributed by atoms with Gasteiger partial charge in [-0.1, -0.05) is 50.8 Å². The molecule has 3 heterocycles. The number of benzene rings is 1. The lowest BCUT2D eigenvalue weighted by molar-refractivity contribution is -0.142. The fraction of sp³-hybridized carbons (Fsp3) is 0.700. The second-order valence-electron chi connectivity index (χ2n) is 11.5. The van der Waals surface area contributed by atoms with E-state index in [1.807, 2.05) is 47.2 Å². The van der Waals surface area contributed by atoms with Gasteiger partial charge in [0.1, 0.15) is 12.1 Å². The molecule has 0 bridgehead atoms. The van der Waals surface area contributed by atoms with Gasteiger partial charge >= 0.3 is 0 Å². The van der Waals surface area contributed by atoms with Crippen LogP contribution in [0.2, 0.25) is 0 Å². The standard InChI is InChI=1S/C30H47N5O3/c1-4-5-6-7-11-14-27(36)33-21-17-30(18-22-33)29(38)34(24-35(30)26-12-9-8-10-13-26)23-28(37)32(3)25-15-19-31(2)20-16-25/h8-10,12-13,25H,4-7,11,14-24H2,1-3H3. The summed E-state index contributed by atoms with van der Waals surface area (Å²) >= 11 is 0. The number of rotatable bonds is 10. The van der Waals surface area contributed by atoms with Crippen molar-refractivity contribution in [3.8, 4) is 0 Å². The summed E-state index contributed by atoms with van der Waals surface area (Å²) in [5.41, 5.74) is 0.293. The van der Waals surface area contributed by atoms with Gasteiger partial charge in [0.2, 0.25) is 11.8 Å². The summed E-state index contributed by atoms with van der Waals surface area (Å²) < 4.78 is 0. The molecule has 3 fully saturated rings. The summed E-state index contributed by atoms with van der Waals surface area (Å²) in [7, 11) is 4.00. The molecule has 8 nitrogen and oxygen atoms in total. The molecule has 3 aliphatic rings. The Hall–Kier alpha value is -2.61. The molecule has 38 heavy (non-hydrogen) atoms. The minimum absolute atomic E-state index is 0.00801. The van der Waals surface area contributed by atoms with Crippen molar-refractivity contribution >= 4 is 23.4 Å². The van der Waals surface area contributed by atoms with Crippen molar-refractivity contribution in [3.63, 3.8) is 0 Å². The first-order valence-corrected chi connectivity index (χ1v) is 14.7. The third-order valence-corrected chi connectivity index (χ3v) is 8.97. The van der Waals surface area contributed by atoms with Crippen LogP contribution in [0.15, 0.2) is 30.3 Å². The first-order valence-electron chi connectivity index (χ1n) is 14.7. The largest absolute Gasteiger partial charge is 0.342 e. The Morgan fingerprint density at radius 3 is 2.29 bits per heavy atom. The summed E-state index contributed by atoms with van der Waals surface area (Å²) in [6, 6.07) is 10.3. The van der Waals surface area contributed by atoms with Crippen molar-refractivity contribution in [3.05, 3.63) is 30.3 Å². The third kappa shape index (κ3) is 6.33. The molecule has 0 aliphatic carbocycles. The molecular weight excluding hydrogens is 478 g/mol. The van der Waals surface area contributed by atoms with Crippen LogP contribution >= 0.6 is 0 Å². The monoisotopic (exact) mass is 525 g/mol. The van der Waals surface area contributed by atoms with Gasteiger partial charge in [0.15, 0.2) is 0 Å². The molecule has 1 spiro atoms. The molecule has 8 heteroatoms. The summed E-state index contributed by atoms with van der Waals surface area (Å²) in [6.07, 6.45) is 9.38. The minimum atomic E-state index is -0.703. The zero-order chi connectivity index (χ0) is 27.1. The lowest BCUT2D eigenvalue weighted by atomic mass is 9.85. The van der Waals surface area contributed by atoms with Gasteiger partial charge in [-0.25, -0.2) is 0 Å². The molecule has 0 aromatic heterocycles.